The summed E-state index contributed by atoms with van der Waals surface area (Å²) in [6.45, 7) is 0.822. The minimum absolute atomic E-state index is 0.159. The van der Waals surface area contributed by atoms with E-state index in [-0.39, 0.29) is 17.4 Å². The number of carbonyl (C=O) groups excluding carboxylic acids is 1. The highest BCUT2D eigenvalue weighted by Crippen LogP contribution is 2.35. The van der Waals surface area contributed by atoms with Crippen LogP contribution in [0, 0.1) is 11.3 Å². The number of nitriles is 1. The third-order valence-corrected chi connectivity index (χ3v) is 3.86. The van der Waals surface area contributed by atoms with E-state index in [1.54, 1.807) is 6.07 Å². The van der Waals surface area contributed by atoms with Crippen LogP contribution < -0.4 is 15.4 Å². The zero-order valence-corrected chi connectivity index (χ0v) is 15.2. The fourth-order valence-electron chi connectivity index (χ4n) is 2.56. The van der Waals surface area contributed by atoms with Gasteiger partial charge in [-0.25, -0.2) is 9.97 Å². The Morgan fingerprint density at radius 1 is 1.33 bits per heavy atom. The van der Waals surface area contributed by atoms with Gasteiger partial charge in [-0.1, -0.05) is 12.1 Å². The van der Waals surface area contributed by atoms with Gasteiger partial charge in [-0.2, -0.15) is 5.26 Å². The van der Waals surface area contributed by atoms with E-state index < -0.39 is 0 Å². The second kappa shape index (κ2) is 8.29. The van der Waals surface area contributed by atoms with E-state index in [0.717, 1.165) is 18.7 Å². The van der Waals surface area contributed by atoms with Crippen LogP contribution >= 0.6 is 0 Å². The number of anilines is 2. The summed E-state index contributed by atoms with van der Waals surface area (Å²) >= 11 is 0. The zero-order valence-electron chi connectivity index (χ0n) is 15.2. The lowest BCUT2D eigenvalue weighted by atomic mass is 10.2. The van der Waals surface area contributed by atoms with Gasteiger partial charge < -0.3 is 15.0 Å². The molecule has 0 saturated carbocycles. The lowest BCUT2D eigenvalue weighted by Gasteiger charge is -2.09. The van der Waals surface area contributed by atoms with Gasteiger partial charge in [0.05, 0.1) is 11.4 Å². The first-order valence-electron chi connectivity index (χ1n) is 8.53. The molecule has 0 spiro atoms. The Morgan fingerprint density at radius 3 is 2.89 bits per heavy atom. The summed E-state index contributed by atoms with van der Waals surface area (Å²) in [5, 5.41) is 15.3. The molecule has 2 heterocycles. The van der Waals surface area contributed by atoms with Crippen molar-refractivity contribution in [2.75, 3.05) is 31.3 Å². The molecule has 0 saturated heterocycles. The number of para-hydroxylation sites is 2. The number of rotatable bonds is 6. The summed E-state index contributed by atoms with van der Waals surface area (Å²) in [5.74, 6) is 0.943. The van der Waals surface area contributed by atoms with Gasteiger partial charge in [0.25, 0.3) is 0 Å². The first-order chi connectivity index (χ1) is 13.1. The third-order valence-electron chi connectivity index (χ3n) is 3.86. The molecule has 8 nitrogen and oxygen atoms in total. The Bertz CT molecular complexity index is 889. The number of hydrogen-bond donors (Lipinski definition) is 2. The second-order valence-electron chi connectivity index (χ2n) is 6.26. The highest BCUT2D eigenvalue weighted by Gasteiger charge is 2.22. The highest BCUT2D eigenvalue weighted by molar-refractivity contribution is 5.89. The minimum Gasteiger partial charge on any atom is -0.437 e. The largest absolute Gasteiger partial charge is 0.437 e. The maximum Gasteiger partial charge on any atom is 0.229 e. The Labute approximate surface area is 157 Å². The monoisotopic (exact) mass is 364 g/mol. The number of ether oxygens (including phenoxy) is 1. The Morgan fingerprint density at radius 2 is 2.15 bits per heavy atom. The molecule has 0 atom stereocenters. The van der Waals surface area contributed by atoms with Gasteiger partial charge in [0, 0.05) is 12.6 Å². The number of amides is 1. The number of allylic oxidation sites excluding steroid dienone is 1. The summed E-state index contributed by atoms with van der Waals surface area (Å²) in [5.41, 5.74) is 1.38. The SMILES string of the molecule is CN(C)CCCC(=O)Nc1nccc(C(C#N)=C2Nc3ccccc3O2)n1. The van der Waals surface area contributed by atoms with Crippen molar-refractivity contribution in [3.05, 3.63) is 48.1 Å². The number of nitrogens with zero attached hydrogens (tertiary/aromatic N) is 4. The van der Waals surface area contributed by atoms with Crippen LogP contribution in [0.15, 0.2) is 42.4 Å². The lowest BCUT2D eigenvalue weighted by molar-refractivity contribution is -0.116. The molecule has 138 valence electrons. The van der Waals surface area contributed by atoms with Crippen molar-refractivity contribution in [2.45, 2.75) is 12.8 Å². The number of aromatic nitrogens is 2. The Kier molecular flexibility index (Phi) is 5.64. The van der Waals surface area contributed by atoms with Crippen molar-refractivity contribution in [1.29, 1.82) is 5.26 Å². The molecule has 27 heavy (non-hydrogen) atoms. The molecule has 1 aromatic carbocycles. The maximum atomic E-state index is 12.0. The second-order valence-corrected chi connectivity index (χ2v) is 6.26. The van der Waals surface area contributed by atoms with Crippen molar-refractivity contribution < 1.29 is 9.53 Å². The topological polar surface area (TPSA) is 103 Å². The minimum atomic E-state index is -0.164. The smallest absolute Gasteiger partial charge is 0.229 e. The average molecular weight is 364 g/mol. The van der Waals surface area contributed by atoms with Crippen LogP contribution in [-0.2, 0) is 4.79 Å². The van der Waals surface area contributed by atoms with Crippen LogP contribution in [0.25, 0.3) is 5.57 Å². The van der Waals surface area contributed by atoms with Gasteiger partial charge in [0.2, 0.25) is 17.7 Å². The lowest BCUT2D eigenvalue weighted by Crippen LogP contribution is -2.18. The van der Waals surface area contributed by atoms with Gasteiger partial charge in [0.1, 0.15) is 11.6 Å². The molecule has 2 aromatic rings. The molecule has 0 bridgehead atoms. The standard InChI is InChI=1S/C19H20N6O2/c1-25(2)11-5-8-17(26)24-19-21-10-9-14(23-19)13(12-20)18-22-15-6-3-4-7-16(15)27-18/h3-4,6-7,9-10,22H,5,8,11H2,1-2H3,(H,21,23,24,26). The van der Waals surface area contributed by atoms with Gasteiger partial charge >= 0.3 is 0 Å². The number of hydrogen-bond acceptors (Lipinski definition) is 7. The zero-order chi connectivity index (χ0) is 19.2. The van der Waals surface area contributed by atoms with Crippen LogP contribution in [0.2, 0.25) is 0 Å². The average Bonchev–Trinajstić information content (AvgIpc) is 3.06. The van der Waals surface area contributed by atoms with Gasteiger partial charge in [-0.05, 0) is 45.3 Å². The summed E-state index contributed by atoms with van der Waals surface area (Å²) in [4.78, 5) is 22.4. The van der Waals surface area contributed by atoms with Crippen LogP contribution in [0.5, 0.6) is 5.75 Å². The Balaban J connectivity index is 1.74. The van der Waals surface area contributed by atoms with E-state index in [1.165, 1.54) is 6.20 Å². The normalized spacial score (nSPS) is 14.0. The maximum absolute atomic E-state index is 12.0. The van der Waals surface area contributed by atoms with Crippen molar-refractivity contribution in [3.8, 4) is 11.8 Å². The third kappa shape index (κ3) is 4.59. The summed E-state index contributed by atoms with van der Waals surface area (Å²) in [7, 11) is 3.91. The number of nitrogens with one attached hydrogen (secondary N) is 2. The molecule has 1 aliphatic heterocycles. The first kappa shape index (κ1) is 18.4. The Hall–Kier alpha value is -3.44. The molecule has 1 aliphatic rings. The van der Waals surface area contributed by atoms with Gasteiger partial charge in [-0.3, -0.25) is 10.1 Å². The molecule has 0 unspecified atom stereocenters. The van der Waals surface area contributed by atoms with Crippen molar-refractivity contribution in [3.63, 3.8) is 0 Å². The molecule has 8 heteroatoms. The summed E-state index contributed by atoms with van der Waals surface area (Å²) in [6.07, 6.45) is 2.61. The molecule has 2 N–H and O–H groups in total. The number of carbonyl (C=O) groups is 1. The number of fused-ring (bicyclic) bond motifs is 1. The van der Waals surface area contributed by atoms with E-state index >= 15 is 0 Å². The van der Waals surface area contributed by atoms with Gasteiger partial charge in [-0.15, -0.1) is 0 Å². The van der Waals surface area contributed by atoms with Gasteiger partial charge in [0.15, 0.2) is 5.75 Å². The van der Waals surface area contributed by atoms with E-state index in [9.17, 15) is 10.1 Å². The fraction of sp³-hybridized carbons (Fsp3) is 0.263. The molecular weight excluding hydrogens is 344 g/mol. The highest BCUT2D eigenvalue weighted by atomic mass is 16.5. The fourth-order valence-corrected chi connectivity index (χ4v) is 2.56. The predicted octanol–water partition coefficient (Wildman–Crippen LogP) is 2.45. The van der Waals surface area contributed by atoms with E-state index in [1.807, 2.05) is 43.3 Å². The van der Waals surface area contributed by atoms with E-state index in [4.69, 9.17) is 4.74 Å². The van der Waals surface area contributed by atoms with Crippen LogP contribution in [0.3, 0.4) is 0 Å². The summed E-state index contributed by atoms with van der Waals surface area (Å²) < 4.78 is 5.70. The van der Waals surface area contributed by atoms with Crippen molar-refractivity contribution >= 4 is 23.1 Å². The van der Waals surface area contributed by atoms with Crippen molar-refractivity contribution in [1.82, 2.24) is 14.9 Å². The van der Waals surface area contributed by atoms with Crippen LogP contribution in [0.4, 0.5) is 11.6 Å². The van der Waals surface area contributed by atoms with E-state index in [0.29, 0.717) is 23.7 Å². The molecule has 3 rings (SSSR count). The predicted molar refractivity (Wildman–Crippen MR) is 102 cm³/mol. The molecule has 0 radical (unpaired) electrons. The molecule has 0 aliphatic carbocycles. The molecule has 1 aromatic heterocycles. The number of benzene rings is 1. The molecular formula is C19H20N6O2. The molecule has 0 fully saturated rings. The summed E-state index contributed by atoms with van der Waals surface area (Å²) in [6, 6.07) is 11.1. The van der Waals surface area contributed by atoms with Crippen molar-refractivity contribution in [2.24, 2.45) is 0 Å². The van der Waals surface area contributed by atoms with Crippen LogP contribution in [0.1, 0.15) is 18.5 Å². The van der Waals surface area contributed by atoms with Crippen LogP contribution in [-0.4, -0.2) is 41.4 Å². The molecule has 1 amide bonds. The van der Waals surface area contributed by atoms with E-state index in [2.05, 4.69) is 26.7 Å². The quantitative estimate of drug-likeness (QED) is 0.759. The first-order valence-corrected chi connectivity index (χ1v) is 8.53.